The third-order valence-electron chi connectivity index (χ3n) is 8.86. The number of esters is 1. The van der Waals surface area contributed by atoms with Gasteiger partial charge in [-0.3, -0.25) is 9.59 Å². The predicted octanol–water partition coefficient (Wildman–Crippen LogP) is 2.85. The molecular formula is C39H49N4O8PS. The summed E-state index contributed by atoms with van der Waals surface area (Å²) in [7, 11) is 0.216. The van der Waals surface area contributed by atoms with Crippen molar-refractivity contribution in [2.75, 3.05) is 65.6 Å². The maximum absolute atomic E-state index is 13.2. The van der Waals surface area contributed by atoms with E-state index in [1.165, 1.54) is 7.11 Å². The summed E-state index contributed by atoms with van der Waals surface area (Å²) in [5, 5.41) is 15.0. The van der Waals surface area contributed by atoms with Gasteiger partial charge in [-0.15, -0.1) is 0 Å². The molecule has 0 saturated carbocycles. The first-order chi connectivity index (χ1) is 25.9. The number of fused-ring (bicyclic) bond motifs is 1. The molecule has 53 heavy (non-hydrogen) atoms. The zero-order valence-corrected chi connectivity index (χ0v) is 31.8. The van der Waals surface area contributed by atoms with Gasteiger partial charge in [-0.2, -0.15) is 11.8 Å². The molecule has 284 valence electrons. The highest BCUT2D eigenvalue weighted by Crippen LogP contribution is 2.35. The van der Waals surface area contributed by atoms with Crippen LogP contribution in [0.25, 0.3) is 0 Å². The van der Waals surface area contributed by atoms with Crippen LogP contribution in [0.4, 0.5) is 4.79 Å². The van der Waals surface area contributed by atoms with Crippen molar-refractivity contribution in [3.05, 3.63) is 90.0 Å². The molecule has 2 aliphatic rings. The average Bonchev–Trinajstić information content (AvgIpc) is 3.74. The zero-order valence-electron chi connectivity index (χ0n) is 30.1. The SMILES string of the molecule is COC(=O)c1ccc(C(=O)NCCOCCOCCOCCNC(=O)CCCCC2SCC3NC(=O)NC32)cc1P(c1ccccc1)c1ccccc1. The molecular weight excluding hydrogens is 715 g/mol. The molecule has 4 N–H and O–H groups in total. The van der Waals surface area contributed by atoms with E-state index in [1.807, 2.05) is 72.4 Å². The van der Waals surface area contributed by atoms with E-state index in [0.717, 1.165) is 40.9 Å². The smallest absolute Gasteiger partial charge is 0.338 e. The van der Waals surface area contributed by atoms with E-state index >= 15 is 0 Å². The highest BCUT2D eigenvalue weighted by atomic mass is 32.2. The number of amides is 4. The molecule has 3 unspecified atom stereocenters. The number of benzene rings is 3. The summed E-state index contributed by atoms with van der Waals surface area (Å²) in [6, 6.07) is 25.4. The van der Waals surface area contributed by atoms with Crippen molar-refractivity contribution < 1.29 is 38.1 Å². The van der Waals surface area contributed by atoms with Crippen LogP contribution in [0.2, 0.25) is 0 Å². The summed E-state index contributed by atoms with van der Waals surface area (Å²) in [6.45, 7) is 3.06. The summed E-state index contributed by atoms with van der Waals surface area (Å²) < 4.78 is 21.8. The molecule has 0 aromatic heterocycles. The Morgan fingerprint density at radius 2 is 1.42 bits per heavy atom. The lowest BCUT2D eigenvalue weighted by atomic mass is 10.0. The number of ether oxygens (including phenoxy) is 4. The van der Waals surface area contributed by atoms with E-state index in [9.17, 15) is 19.2 Å². The third kappa shape index (κ3) is 12.3. The molecule has 0 bridgehead atoms. The van der Waals surface area contributed by atoms with Crippen LogP contribution in [0.3, 0.4) is 0 Å². The molecule has 14 heteroatoms. The van der Waals surface area contributed by atoms with Crippen molar-refractivity contribution in [3.63, 3.8) is 0 Å². The normalized spacial score (nSPS) is 17.5. The van der Waals surface area contributed by atoms with Crippen molar-refractivity contribution in [1.29, 1.82) is 0 Å². The largest absolute Gasteiger partial charge is 0.465 e. The molecule has 3 atom stereocenters. The van der Waals surface area contributed by atoms with Crippen LogP contribution in [-0.2, 0) is 23.7 Å². The van der Waals surface area contributed by atoms with Crippen molar-refractivity contribution >= 4 is 59.4 Å². The quantitative estimate of drug-likeness (QED) is 0.0524. The van der Waals surface area contributed by atoms with Gasteiger partial charge in [0.2, 0.25) is 5.91 Å². The summed E-state index contributed by atoms with van der Waals surface area (Å²) in [5.74, 6) is 0.256. The van der Waals surface area contributed by atoms with E-state index in [2.05, 4.69) is 21.3 Å². The summed E-state index contributed by atoms with van der Waals surface area (Å²) in [6.07, 6.45) is 3.26. The minimum Gasteiger partial charge on any atom is -0.465 e. The van der Waals surface area contributed by atoms with Gasteiger partial charge in [0.15, 0.2) is 0 Å². The van der Waals surface area contributed by atoms with Gasteiger partial charge in [-0.25, -0.2) is 9.59 Å². The molecule has 3 aromatic carbocycles. The molecule has 2 aliphatic heterocycles. The topological polar surface area (TPSA) is 153 Å². The van der Waals surface area contributed by atoms with E-state index in [-0.39, 0.29) is 29.9 Å². The highest BCUT2D eigenvalue weighted by Gasteiger charge is 2.42. The van der Waals surface area contributed by atoms with Crippen LogP contribution in [-0.4, -0.2) is 107 Å². The number of carbonyl (C=O) groups excluding carboxylic acids is 4. The molecule has 12 nitrogen and oxygen atoms in total. The summed E-state index contributed by atoms with van der Waals surface area (Å²) in [4.78, 5) is 49.6. The first kappa shape index (κ1) is 40.2. The Balaban J connectivity index is 0.916. The van der Waals surface area contributed by atoms with Crippen LogP contribution in [0.15, 0.2) is 78.9 Å². The van der Waals surface area contributed by atoms with E-state index in [4.69, 9.17) is 18.9 Å². The first-order valence-electron chi connectivity index (χ1n) is 18.0. The fraction of sp³-hybridized carbons (Fsp3) is 0.436. The van der Waals surface area contributed by atoms with E-state index in [1.54, 1.807) is 18.2 Å². The number of rotatable bonds is 22. The summed E-state index contributed by atoms with van der Waals surface area (Å²) in [5.41, 5.74) is 0.876. The number of nitrogens with one attached hydrogen (secondary N) is 4. The number of carbonyl (C=O) groups is 4. The minimum atomic E-state index is -1.14. The van der Waals surface area contributed by atoms with Gasteiger partial charge in [0.05, 0.1) is 64.4 Å². The molecule has 2 fully saturated rings. The molecule has 3 aromatic rings. The van der Waals surface area contributed by atoms with Gasteiger partial charge in [-0.1, -0.05) is 67.1 Å². The van der Waals surface area contributed by atoms with Gasteiger partial charge in [0, 0.05) is 41.4 Å². The monoisotopic (exact) mass is 764 g/mol. The maximum Gasteiger partial charge on any atom is 0.338 e. The zero-order chi connectivity index (χ0) is 37.3. The lowest BCUT2D eigenvalue weighted by Gasteiger charge is -2.22. The van der Waals surface area contributed by atoms with Gasteiger partial charge in [-0.05, 0) is 49.6 Å². The second kappa shape index (κ2) is 21.6. The van der Waals surface area contributed by atoms with Crippen LogP contribution in [0.1, 0.15) is 46.4 Å². The van der Waals surface area contributed by atoms with Crippen molar-refractivity contribution in [2.24, 2.45) is 0 Å². The lowest BCUT2D eigenvalue weighted by Crippen LogP contribution is -2.36. The molecule has 0 spiro atoms. The van der Waals surface area contributed by atoms with E-state index < -0.39 is 13.9 Å². The molecule has 0 aliphatic carbocycles. The molecule has 2 saturated heterocycles. The second-order valence-electron chi connectivity index (χ2n) is 12.5. The molecule has 2 heterocycles. The minimum absolute atomic E-state index is 0.0210. The van der Waals surface area contributed by atoms with Crippen LogP contribution in [0, 0.1) is 0 Å². The average molecular weight is 765 g/mol. The number of unbranched alkanes of at least 4 members (excludes halogenated alkanes) is 1. The number of thioether (sulfide) groups is 1. The Morgan fingerprint density at radius 3 is 2.06 bits per heavy atom. The van der Waals surface area contributed by atoms with Gasteiger partial charge in [0.1, 0.15) is 0 Å². The predicted molar refractivity (Wildman–Crippen MR) is 208 cm³/mol. The van der Waals surface area contributed by atoms with Crippen LogP contribution >= 0.6 is 19.7 Å². The lowest BCUT2D eigenvalue weighted by molar-refractivity contribution is -0.121. The van der Waals surface area contributed by atoms with Crippen molar-refractivity contribution in [1.82, 2.24) is 21.3 Å². The fourth-order valence-electron chi connectivity index (χ4n) is 6.23. The number of methoxy groups -OCH3 is 1. The number of urea groups is 1. The van der Waals surface area contributed by atoms with Crippen LogP contribution in [0.5, 0.6) is 0 Å². The fourth-order valence-corrected chi connectivity index (χ4v) is 10.2. The second-order valence-corrected chi connectivity index (χ2v) is 16.0. The highest BCUT2D eigenvalue weighted by molar-refractivity contribution is 8.00. The Morgan fingerprint density at radius 1 is 0.792 bits per heavy atom. The molecule has 5 rings (SSSR count). The standard InChI is InChI=1S/C39H49N4O8PS/c1-48-38(46)31-17-16-28(26-33(31)52(29-10-4-2-5-11-29)30-12-6-3-7-13-30)37(45)41-19-21-50-23-25-51-24-22-49-20-18-40-35(44)15-9-8-14-34-36-32(27-53-34)42-39(47)43-36/h2-7,10-13,16-17,26,32,34,36H,8-9,14-15,18-25,27H2,1H3,(H,40,44)(H,41,45)(H2,42,43,47). The Hall–Kier alpha value is -4.00. The maximum atomic E-state index is 13.2. The van der Waals surface area contributed by atoms with Gasteiger partial charge in [0.25, 0.3) is 5.91 Å². The summed E-state index contributed by atoms with van der Waals surface area (Å²) >= 11 is 1.89. The molecule has 4 amide bonds. The van der Waals surface area contributed by atoms with Gasteiger partial charge < -0.3 is 40.2 Å². The first-order valence-corrected chi connectivity index (χ1v) is 20.4. The van der Waals surface area contributed by atoms with Crippen molar-refractivity contribution in [2.45, 2.75) is 43.0 Å². The van der Waals surface area contributed by atoms with Crippen molar-refractivity contribution in [3.8, 4) is 0 Å². The molecule has 0 radical (unpaired) electrons. The Bertz CT molecular complexity index is 1600. The number of hydrogen-bond donors (Lipinski definition) is 4. The van der Waals surface area contributed by atoms with Gasteiger partial charge >= 0.3 is 12.0 Å². The Kier molecular flexibility index (Phi) is 16.4. The third-order valence-corrected chi connectivity index (χ3v) is 12.8. The van der Waals surface area contributed by atoms with E-state index in [0.29, 0.717) is 75.5 Å². The Labute approximate surface area is 316 Å². The number of hydrogen-bond acceptors (Lipinski definition) is 9. The van der Waals surface area contributed by atoms with Crippen LogP contribution < -0.4 is 37.2 Å².